The largest absolute Gasteiger partial charge is 0.294 e. The number of hydrogen-bond acceptors (Lipinski definition) is 6. The Morgan fingerprint density at radius 2 is 1.91 bits per heavy atom. The van der Waals surface area contributed by atoms with E-state index in [9.17, 15) is 10.1 Å². The van der Waals surface area contributed by atoms with Crippen LogP contribution in [0.15, 0.2) is 67.4 Å². The van der Waals surface area contributed by atoms with Gasteiger partial charge >= 0.3 is 0 Å². The molecule has 0 aliphatic rings. The van der Waals surface area contributed by atoms with Crippen molar-refractivity contribution in [3.8, 4) is 23.0 Å². The average molecular weight is 422 g/mol. The molecule has 0 fully saturated rings. The lowest BCUT2D eigenvalue weighted by atomic mass is 9.85. The third-order valence-corrected chi connectivity index (χ3v) is 5.42. The van der Waals surface area contributed by atoms with Crippen LogP contribution in [0.4, 0.5) is 0 Å². The van der Waals surface area contributed by atoms with Crippen molar-refractivity contribution in [3.63, 3.8) is 0 Å². The predicted octanol–water partition coefficient (Wildman–Crippen LogP) is 4.26. The van der Waals surface area contributed by atoms with E-state index in [2.05, 4.69) is 26.3 Å². The summed E-state index contributed by atoms with van der Waals surface area (Å²) >= 11 is 0. The molecule has 0 N–H and O–H groups in total. The number of aryl methyl sites for hydroxylation is 1. The second kappa shape index (κ2) is 8.52. The molecule has 0 saturated heterocycles. The highest BCUT2D eigenvalue weighted by atomic mass is 16.1. The van der Waals surface area contributed by atoms with Gasteiger partial charge in [-0.15, -0.1) is 5.10 Å². The lowest BCUT2D eigenvalue weighted by Crippen LogP contribution is -2.15. The first-order valence-corrected chi connectivity index (χ1v) is 10.2. The maximum absolute atomic E-state index is 13.0. The second-order valence-electron chi connectivity index (χ2n) is 8.21. The van der Waals surface area contributed by atoms with Gasteiger partial charge in [-0.05, 0) is 49.6 Å². The fourth-order valence-electron chi connectivity index (χ4n) is 3.39. The van der Waals surface area contributed by atoms with Crippen LogP contribution in [0.2, 0.25) is 0 Å². The number of nitrogens with zero attached hydrogens (tertiary/aromatic N) is 6. The van der Waals surface area contributed by atoms with Gasteiger partial charge in [-0.1, -0.05) is 35.5 Å². The second-order valence-corrected chi connectivity index (χ2v) is 8.21. The van der Waals surface area contributed by atoms with Crippen LogP contribution < -0.4 is 0 Å². The lowest BCUT2D eigenvalue weighted by Gasteiger charge is -2.16. The summed E-state index contributed by atoms with van der Waals surface area (Å²) in [6, 6.07) is 15.5. The van der Waals surface area contributed by atoms with Crippen molar-refractivity contribution < 1.29 is 4.79 Å². The van der Waals surface area contributed by atoms with Crippen LogP contribution in [-0.4, -0.2) is 30.7 Å². The number of ketones is 1. The van der Waals surface area contributed by atoms with Crippen molar-refractivity contribution in [3.05, 3.63) is 89.6 Å². The van der Waals surface area contributed by atoms with Gasteiger partial charge in [0.25, 0.3) is 0 Å². The first kappa shape index (κ1) is 21.1. The molecule has 4 rings (SSSR count). The summed E-state index contributed by atoms with van der Waals surface area (Å²) in [4.78, 5) is 21.0. The van der Waals surface area contributed by atoms with Gasteiger partial charge in [0.1, 0.15) is 12.0 Å². The molecular formula is C25H22N6O. The van der Waals surface area contributed by atoms with Crippen molar-refractivity contribution >= 4 is 5.78 Å². The highest BCUT2D eigenvalue weighted by Gasteiger charge is 2.21. The van der Waals surface area contributed by atoms with E-state index in [1.54, 1.807) is 23.1 Å². The van der Waals surface area contributed by atoms with Crippen LogP contribution in [0.25, 0.3) is 16.9 Å². The first-order chi connectivity index (χ1) is 15.4. The van der Waals surface area contributed by atoms with Gasteiger partial charge < -0.3 is 0 Å². The predicted molar refractivity (Wildman–Crippen MR) is 120 cm³/mol. The van der Waals surface area contributed by atoms with E-state index >= 15 is 0 Å². The summed E-state index contributed by atoms with van der Waals surface area (Å²) in [6.07, 6.45) is 6.91. The molecule has 0 aliphatic heterocycles. The molecular weight excluding hydrogens is 400 g/mol. The summed E-state index contributed by atoms with van der Waals surface area (Å²) in [6.45, 7) is 5.68. The standard InChI is InChI=1S/C25H22N6O/c1-17-7-8-18(10-24(32)19-5-4-6-21(11-19)25(2,3)15-26)9-23(17)31-14-22(29-30-31)20-12-27-16-28-13-20/h4-9,11-14,16H,10H2,1-3H3. The SMILES string of the molecule is Cc1ccc(CC(=O)c2cccc(C(C)(C)C#N)c2)cc1-n1cc(-c2cncnc2)nn1. The van der Waals surface area contributed by atoms with E-state index in [0.29, 0.717) is 11.3 Å². The van der Waals surface area contributed by atoms with Crippen molar-refractivity contribution in [2.45, 2.75) is 32.6 Å². The molecule has 0 aliphatic carbocycles. The van der Waals surface area contributed by atoms with Crippen LogP contribution in [0.5, 0.6) is 0 Å². The topological polar surface area (TPSA) is 97.3 Å². The third kappa shape index (κ3) is 4.30. The molecule has 2 aromatic carbocycles. The number of benzene rings is 2. The Bertz CT molecular complexity index is 1320. The van der Waals surface area contributed by atoms with E-state index in [0.717, 1.165) is 27.9 Å². The molecule has 0 bridgehead atoms. The molecule has 0 saturated carbocycles. The number of hydrogen-bond donors (Lipinski definition) is 0. The molecule has 0 spiro atoms. The quantitative estimate of drug-likeness (QED) is 0.431. The molecule has 32 heavy (non-hydrogen) atoms. The van der Waals surface area contributed by atoms with Gasteiger partial charge in [0.2, 0.25) is 0 Å². The number of nitriles is 1. The fraction of sp³-hybridized carbons (Fsp3) is 0.200. The molecule has 0 unspecified atom stereocenters. The molecule has 2 aromatic heterocycles. The number of aromatic nitrogens is 5. The van der Waals surface area contributed by atoms with Crippen LogP contribution in [-0.2, 0) is 11.8 Å². The minimum Gasteiger partial charge on any atom is -0.294 e. The summed E-state index contributed by atoms with van der Waals surface area (Å²) in [5.41, 5.74) is 4.97. The Morgan fingerprint density at radius 1 is 1.12 bits per heavy atom. The van der Waals surface area contributed by atoms with Crippen LogP contribution in [0.1, 0.15) is 40.9 Å². The Balaban J connectivity index is 1.59. The van der Waals surface area contributed by atoms with E-state index in [1.807, 2.05) is 63.4 Å². The number of Topliss-reactive ketones (excluding diaryl/α,β-unsaturated/α-hetero) is 1. The fourth-order valence-corrected chi connectivity index (χ4v) is 3.39. The summed E-state index contributed by atoms with van der Waals surface area (Å²) < 4.78 is 1.70. The third-order valence-electron chi connectivity index (χ3n) is 5.42. The Labute approximate surface area is 186 Å². The molecule has 4 aromatic rings. The lowest BCUT2D eigenvalue weighted by molar-refractivity contribution is 0.0993. The molecule has 2 heterocycles. The summed E-state index contributed by atoms with van der Waals surface area (Å²) in [5, 5.41) is 17.9. The van der Waals surface area contributed by atoms with Crippen molar-refractivity contribution in [2.24, 2.45) is 0 Å². The normalized spacial score (nSPS) is 11.2. The minimum atomic E-state index is -0.651. The zero-order valence-corrected chi connectivity index (χ0v) is 18.1. The molecule has 7 heteroatoms. The number of carbonyl (C=O) groups excluding carboxylic acids is 1. The molecule has 0 radical (unpaired) electrons. The molecule has 0 atom stereocenters. The molecule has 0 amide bonds. The van der Waals surface area contributed by atoms with Gasteiger partial charge in [-0.25, -0.2) is 14.6 Å². The molecule has 158 valence electrons. The smallest absolute Gasteiger partial charge is 0.167 e. The van der Waals surface area contributed by atoms with Gasteiger partial charge in [-0.2, -0.15) is 5.26 Å². The van der Waals surface area contributed by atoms with Gasteiger partial charge in [-0.3, -0.25) is 4.79 Å². The van der Waals surface area contributed by atoms with E-state index in [1.165, 1.54) is 6.33 Å². The zero-order chi connectivity index (χ0) is 22.7. The highest BCUT2D eigenvalue weighted by Crippen LogP contribution is 2.24. The van der Waals surface area contributed by atoms with E-state index in [4.69, 9.17) is 0 Å². The van der Waals surface area contributed by atoms with Crippen LogP contribution >= 0.6 is 0 Å². The Kier molecular flexibility index (Phi) is 5.61. The van der Waals surface area contributed by atoms with Gasteiger partial charge in [0, 0.05) is 29.9 Å². The Hall–Kier alpha value is -4.18. The van der Waals surface area contributed by atoms with Crippen molar-refractivity contribution in [2.75, 3.05) is 0 Å². The van der Waals surface area contributed by atoms with Crippen molar-refractivity contribution in [1.29, 1.82) is 5.26 Å². The minimum absolute atomic E-state index is 0.00361. The molecule has 7 nitrogen and oxygen atoms in total. The van der Waals surface area contributed by atoms with Crippen molar-refractivity contribution in [1.82, 2.24) is 25.0 Å². The summed E-state index contributed by atoms with van der Waals surface area (Å²) in [7, 11) is 0. The monoisotopic (exact) mass is 422 g/mol. The van der Waals surface area contributed by atoms with Crippen LogP contribution in [0, 0.1) is 18.3 Å². The average Bonchev–Trinajstić information content (AvgIpc) is 3.31. The first-order valence-electron chi connectivity index (χ1n) is 10.2. The van der Waals surface area contributed by atoms with E-state index < -0.39 is 5.41 Å². The Morgan fingerprint density at radius 3 is 2.66 bits per heavy atom. The zero-order valence-electron chi connectivity index (χ0n) is 18.1. The van der Waals surface area contributed by atoms with E-state index in [-0.39, 0.29) is 12.2 Å². The maximum atomic E-state index is 13.0. The van der Waals surface area contributed by atoms with Crippen LogP contribution in [0.3, 0.4) is 0 Å². The number of carbonyl (C=O) groups is 1. The van der Waals surface area contributed by atoms with Gasteiger partial charge in [0.15, 0.2) is 5.78 Å². The maximum Gasteiger partial charge on any atom is 0.167 e. The number of rotatable bonds is 6. The van der Waals surface area contributed by atoms with Gasteiger partial charge in [0.05, 0.1) is 23.4 Å². The highest BCUT2D eigenvalue weighted by molar-refractivity contribution is 5.97. The summed E-state index contributed by atoms with van der Waals surface area (Å²) in [5.74, 6) is -0.00361.